The summed E-state index contributed by atoms with van der Waals surface area (Å²) in [5.41, 5.74) is 5.07. The van der Waals surface area contributed by atoms with Crippen LogP contribution in [0.4, 0.5) is 0 Å². The van der Waals surface area contributed by atoms with E-state index in [1.807, 2.05) is 97.1 Å². The van der Waals surface area contributed by atoms with Crippen LogP contribution in [0.15, 0.2) is 121 Å². The van der Waals surface area contributed by atoms with Gasteiger partial charge in [-0.25, -0.2) is 0 Å². The van der Waals surface area contributed by atoms with Crippen LogP contribution in [0.5, 0.6) is 23.0 Å². The molecule has 4 nitrogen and oxygen atoms in total. The van der Waals surface area contributed by atoms with Crippen molar-refractivity contribution in [3.63, 3.8) is 0 Å². The molecule has 0 radical (unpaired) electrons. The fourth-order valence-corrected chi connectivity index (χ4v) is 7.86. The summed E-state index contributed by atoms with van der Waals surface area (Å²) in [5.74, 6) is 4.28. The lowest BCUT2D eigenvalue weighted by atomic mass is 9.75. The van der Waals surface area contributed by atoms with Gasteiger partial charge in [-0.15, -0.1) is 0 Å². The SMILES string of the molecule is COc1ccc([C+](c2ccc(OC)cc2Cl)c2c3ccccc3c([C+](c3ccc(OC)cc3Cl)c3ccc(OC)cc3Cl)c3ccccc23)c(Cl)c1. The van der Waals surface area contributed by atoms with Crippen molar-refractivity contribution in [3.8, 4) is 23.0 Å². The van der Waals surface area contributed by atoms with Gasteiger partial charge in [-0.3, -0.25) is 0 Å². The zero-order valence-corrected chi connectivity index (χ0v) is 31.7. The van der Waals surface area contributed by atoms with Crippen LogP contribution in [0, 0.1) is 11.8 Å². The first-order valence-corrected chi connectivity index (χ1v) is 17.8. The lowest BCUT2D eigenvalue weighted by molar-refractivity contribution is 0.414. The molecule has 0 saturated heterocycles. The van der Waals surface area contributed by atoms with E-state index in [2.05, 4.69) is 24.3 Å². The average molecular weight is 767 g/mol. The van der Waals surface area contributed by atoms with Gasteiger partial charge in [0.15, 0.2) is 0 Å². The number of ether oxygens (including phenoxy) is 4. The lowest BCUT2D eigenvalue weighted by Gasteiger charge is -2.23. The highest BCUT2D eigenvalue weighted by atomic mass is 35.5. The van der Waals surface area contributed by atoms with Gasteiger partial charge in [0.1, 0.15) is 23.0 Å². The Hall–Kier alpha value is -4.84. The summed E-state index contributed by atoms with van der Waals surface area (Å²) in [4.78, 5) is 0. The van der Waals surface area contributed by atoms with E-state index >= 15 is 0 Å². The van der Waals surface area contributed by atoms with E-state index in [0.29, 0.717) is 43.1 Å². The summed E-state index contributed by atoms with van der Waals surface area (Å²) < 4.78 is 22.1. The van der Waals surface area contributed by atoms with E-state index in [1.165, 1.54) is 0 Å². The van der Waals surface area contributed by atoms with Crippen LogP contribution in [0.2, 0.25) is 20.1 Å². The predicted molar refractivity (Wildman–Crippen MR) is 215 cm³/mol. The first-order chi connectivity index (χ1) is 25.3. The minimum absolute atomic E-state index is 0.515. The summed E-state index contributed by atoms with van der Waals surface area (Å²) in [7, 11) is 6.48. The number of benzene rings is 7. The van der Waals surface area contributed by atoms with Crippen molar-refractivity contribution >= 4 is 67.9 Å². The van der Waals surface area contributed by atoms with Crippen LogP contribution in [0.3, 0.4) is 0 Å². The molecule has 258 valence electrons. The summed E-state index contributed by atoms with van der Waals surface area (Å²) in [6, 6.07) is 39.4. The fraction of sp³-hybridized carbons (Fsp3) is 0.0909. The van der Waals surface area contributed by atoms with Gasteiger partial charge >= 0.3 is 0 Å². The maximum absolute atomic E-state index is 7.12. The topological polar surface area (TPSA) is 36.9 Å². The van der Waals surface area contributed by atoms with Crippen LogP contribution in [0.1, 0.15) is 33.4 Å². The second-order valence-electron chi connectivity index (χ2n) is 12.0. The van der Waals surface area contributed by atoms with Crippen molar-refractivity contribution < 1.29 is 18.9 Å². The maximum atomic E-state index is 7.12. The van der Waals surface area contributed by atoms with E-state index in [0.717, 1.165) is 66.8 Å². The zero-order valence-electron chi connectivity index (χ0n) is 28.7. The van der Waals surface area contributed by atoms with Crippen molar-refractivity contribution in [1.82, 2.24) is 0 Å². The molecule has 52 heavy (non-hydrogen) atoms. The third kappa shape index (κ3) is 6.42. The first kappa shape index (κ1) is 35.6. The molecule has 0 aliphatic carbocycles. The zero-order chi connectivity index (χ0) is 36.5. The van der Waals surface area contributed by atoms with Crippen molar-refractivity contribution in [3.05, 3.63) is 187 Å². The van der Waals surface area contributed by atoms with Gasteiger partial charge in [0.2, 0.25) is 0 Å². The van der Waals surface area contributed by atoms with Crippen LogP contribution in [-0.4, -0.2) is 28.4 Å². The molecule has 7 aromatic rings. The van der Waals surface area contributed by atoms with Crippen LogP contribution in [0.25, 0.3) is 21.5 Å². The fourth-order valence-electron chi connectivity index (χ4n) is 6.80. The Bertz CT molecular complexity index is 2110. The third-order valence-corrected chi connectivity index (χ3v) is 10.5. The second kappa shape index (κ2) is 15.0. The quantitative estimate of drug-likeness (QED) is 0.0789. The number of hydrogen-bond donors (Lipinski definition) is 0. The molecule has 0 fully saturated rings. The van der Waals surface area contributed by atoms with E-state index in [1.54, 1.807) is 28.4 Å². The molecule has 7 rings (SSSR count). The minimum atomic E-state index is 0.515. The normalized spacial score (nSPS) is 11.1. The van der Waals surface area contributed by atoms with Crippen LogP contribution >= 0.6 is 46.4 Å². The monoisotopic (exact) mass is 764 g/mol. The highest BCUT2D eigenvalue weighted by Gasteiger charge is 2.38. The molecule has 0 heterocycles. The standard InChI is InChI=1S/C44H32Cl4O4/c1-49-25-13-17-33(37(45)21-25)43(34-18-14-26(50-2)22-38(34)46)41-29-9-5-7-11-31(29)42(32-12-8-6-10-30(32)41)44(35-19-15-27(51-3)23-39(35)47)36-20-16-28(52-4)24-40(36)48/h5-24H,1-4H3/q+2. The van der Waals surface area contributed by atoms with Crippen molar-refractivity contribution in [2.24, 2.45) is 0 Å². The maximum Gasteiger partial charge on any atom is 0.131 e. The van der Waals surface area contributed by atoms with Gasteiger partial charge in [-0.2, -0.15) is 0 Å². The third-order valence-electron chi connectivity index (χ3n) is 9.21. The van der Waals surface area contributed by atoms with Crippen LogP contribution < -0.4 is 18.9 Å². The number of methoxy groups -OCH3 is 4. The van der Waals surface area contributed by atoms with Gasteiger partial charge in [0.25, 0.3) is 0 Å². The molecule has 0 aromatic heterocycles. The molecule has 0 spiro atoms. The van der Waals surface area contributed by atoms with Crippen molar-refractivity contribution in [1.29, 1.82) is 0 Å². The number of halogens is 4. The van der Waals surface area contributed by atoms with E-state index < -0.39 is 0 Å². The van der Waals surface area contributed by atoms with E-state index in [9.17, 15) is 0 Å². The lowest BCUT2D eigenvalue weighted by Crippen LogP contribution is -2.12. The molecule has 7 aromatic carbocycles. The number of fused-ring (bicyclic) bond motifs is 2. The summed E-state index contributed by atoms with van der Waals surface area (Å²) in [6.45, 7) is 0. The Morgan fingerprint density at radius 3 is 0.769 bits per heavy atom. The molecule has 8 heteroatoms. The molecule has 0 aliphatic heterocycles. The minimum Gasteiger partial charge on any atom is -0.496 e. The molecule has 0 N–H and O–H groups in total. The van der Waals surface area contributed by atoms with Gasteiger partial charge in [0.05, 0.1) is 115 Å². The number of hydrogen-bond acceptors (Lipinski definition) is 4. The summed E-state index contributed by atoms with van der Waals surface area (Å²) in [5, 5.41) is 5.94. The highest BCUT2D eigenvalue weighted by molar-refractivity contribution is 6.34. The Labute approximate surface area is 323 Å². The largest absolute Gasteiger partial charge is 0.496 e. The Kier molecular flexibility index (Phi) is 10.3. The van der Waals surface area contributed by atoms with Gasteiger partial charge in [-0.1, -0.05) is 24.3 Å². The Morgan fingerprint density at radius 2 is 0.577 bits per heavy atom. The molecule has 0 atom stereocenters. The molecular formula is C44H32Cl4O4+2. The number of rotatable bonds is 10. The molecule has 0 amide bonds. The smallest absolute Gasteiger partial charge is 0.131 e. The van der Waals surface area contributed by atoms with Crippen molar-refractivity contribution in [2.45, 2.75) is 0 Å². The highest BCUT2D eigenvalue weighted by Crippen LogP contribution is 2.50. The predicted octanol–water partition coefficient (Wildman–Crippen LogP) is 12.7. The molecule has 0 unspecified atom stereocenters. The molecular weight excluding hydrogens is 734 g/mol. The van der Waals surface area contributed by atoms with E-state index in [4.69, 9.17) is 65.4 Å². The molecule has 0 aliphatic rings. The Balaban J connectivity index is 1.63. The summed E-state index contributed by atoms with van der Waals surface area (Å²) >= 11 is 28.5. The van der Waals surface area contributed by atoms with Crippen LogP contribution in [-0.2, 0) is 0 Å². The van der Waals surface area contributed by atoms with Crippen molar-refractivity contribution in [2.75, 3.05) is 28.4 Å². The van der Waals surface area contributed by atoms with Gasteiger partial charge < -0.3 is 18.9 Å². The van der Waals surface area contributed by atoms with E-state index in [-0.39, 0.29) is 0 Å². The second-order valence-corrected chi connectivity index (χ2v) is 13.6. The first-order valence-electron chi connectivity index (χ1n) is 16.3. The Morgan fingerprint density at radius 1 is 0.346 bits per heavy atom. The van der Waals surface area contributed by atoms with Gasteiger partial charge in [0, 0.05) is 48.5 Å². The average Bonchev–Trinajstić information content (AvgIpc) is 3.17. The molecule has 0 bridgehead atoms. The summed E-state index contributed by atoms with van der Waals surface area (Å²) in [6.07, 6.45) is 0. The van der Waals surface area contributed by atoms with Gasteiger partial charge in [-0.05, 0) is 94.9 Å². The molecule has 0 saturated carbocycles.